The molecule has 4 nitrogen and oxygen atoms in total. The lowest BCUT2D eigenvalue weighted by Gasteiger charge is -2.27. The third kappa shape index (κ3) is 3.15. The molecule has 122 valence electrons. The molecule has 0 radical (unpaired) electrons. The Balaban J connectivity index is 1.74. The van der Waals surface area contributed by atoms with Crippen molar-refractivity contribution in [2.75, 3.05) is 19.7 Å². The summed E-state index contributed by atoms with van der Waals surface area (Å²) in [5.74, 6) is -0.292. The Kier molecular flexibility index (Phi) is 4.22. The number of hydrogen-bond acceptors (Lipinski definition) is 2. The second-order valence-corrected chi connectivity index (χ2v) is 6.47. The Morgan fingerprint density at radius 1 is 1.35 bits per heavy atom. The number of H-pyrrole nitrogens is 1. The van der Waals surface area contributed by atoms with E-state index in [1.807, 2.05) is 13.0 Å². The molecule has 1 fully saturated rings. The van der Waals surface area contributed by atoms with E-state index >= 15 is 0 Å². The maximum Gasteiger partial charge on any atom is 0.270 e. The molecule has 0 saturated carbocycles. The van der Waals surface area contributed by atoms with Gasteiger partial charge in [0.2, 0.25) is 0 Å². The number of aromatic amines is 1. The number of benzene rings is 1. The maximum atomic E-state index is 13.0. The van der Waals surface area contributed by atoms with Crippen LogP contribution in [0.4, 0.5) is 4.39 Å². The van der Waals surface area contributed by atoms with Crippen molar-refractivity contribution in [2.45, 2.75) is 19.8 Å². The topological polar surface area (TPSA) is 56.3 Å². The first kappa shape index (κ1) is 15.7. The van der Waals surface area contributed by atoms with Crippen LogP contribution in [0.25, 0.3) is 0 Å². The van der Waals surface area contributed by atoms with Gasteiger partial charge in [-0.05, 0) is 49.1 Å². The number of carbonyl (C=O) groups is 1. The van der Waals surface area contributed by atoms with Crippen LogP contribution in [0.1, 0.15) is 28.0 Å². The Hall–Kier alpha value is -2.14. The van der Waals surface area contributed by atoms with E-state index in [1.54, 1.807) is 23.2 Å². The number of nitrogens with zero attached hydrogens (tertiary/aromatic N) is 1. The van der Waals surface area contributed by atoms with Crippen molar-refractivity contribution in [1.82, 2.24) is 9.88 Å². The highest BCUT2D eigenvalue weighted by Gasteiger charge is 2.40. The molecule has 5 heteroatoms. The Labute approximate surface area is 134 Å². The molecule has 1 atom stereocenters. The summed E-state index contributed by atoms with van der Waals surface area (Å²) in [5, 5.41) is 9.90. The molecule has 0 spiro atoms. The molecular weight excluding hydrogens is 295 g/mol. The van der Waals surface area contributed by atoms with Crippen LogP contribution in [0, 0.1) is 18.2 Å². The van der Waals surface area contributed by atoms with E-state index in [1.165, 1.54) is 12.1 Å². The molecule has 2 heterocycles. The molecule has 2 aromatic rings. The molecule has 0 aliphatic carbocycles. The zero-order valence-electron chi connectivity index (χ0n) is 13.2. The van der Waals surface area contributed by atoms with Crippen molar-refractivity contribution >= 4 is 5.91 Å². The summed E-state index contributed by atoms with van der Waals surface area (Å²) in [6.07, 6.45) is 3.14. The van der Waals surface area contributed by atoms with Gasteiger partial charge in [-0.15, -0.1) is 0 Å². The normalized spacial score (nSPS) is 20.9. The molecule has 3 rings (SSSR count). The minimum atomic E-state index is -0.353. The Bertz CT molecular complexity index is 695. The first-order chi connectivity index (χ1) is 11.0. The fraction of sp³-hybridized carbons (Fsp3) is 0.389. The molecule has 1 aliphatic heterocycles. The van der Waals surface area contributed by atoms with E-state index in [-0.39, 0.29) is 23.7 Å². The highest BCUT2D eigenvalue weighted by molar-refractivity contribution is 5.94. The van der Waals surface area contributed by atoms with Crippen LogP contribution >= 0.6 is 0 Å². The molecule has 0 bridgehead atoms. The quantitative estimate of drug-likeness (QED) is 0.911. The number of aryl methyl sites for hydroxylation is 1. The van der Waals surface area contributed by atoms with Crippen molar-refractivity contribution in [2.24, 2.45) is 5.41 Å². The van der Waals surface area contributed by atoms with Crippen molar-refractivity contribution < 1.29 is 14.3 Å². The highest BCUT2D eigenvalue weighted by Crippen LogP contribution is 2.34. The summed E-state index contributed by atoms with van der Waals surface area (Å²) < 4.78 is 13.0. The van der Waals surface area contributed by atoms with Crippen LogP contribution in [-0.4, -0.2) is 40.6 Å². The van der Waals surface area contributed by atoms with Crippen molar-refractivity contribution in [1.29, 1.82) is 0 Å². The van der Waals surface area contributed by atoms with Crippen molar-refractivity contribution in [3.63, 3.8) is 0 Å². The van der Waals surface area contributed by atoms with Gasteiger partial charge in [0.05, 0.1) is 6.61 Å². The third-order valence-electron chi connectivity index (χ3n) is 4.72. The summed E-state index contributed by atoms with van der Waals surface area (Å²) in [5.41, 5.74) is 2.16. The number of aliphatic hydroxyl groups excluding tert-OH is 1. The number of amides is 1. The molecule has 2 N–H and O–H groups in total. The third-order valence-corrected chi connectivity index (χ3v) is 4.72. The largest absolute Gasteiger partial charge is 0.396 e. The minimum absolute atomic E-state index is 0.0118. The molecule has 1 amide bonds. The lowest BCUT2D eigenvalue weighted by Crippen LogP contribution is -2.35. The van der Waals surface area contributed by atoms with Crippen LogP contribution in [0.15, 0.2) is 36.5 Å². The smallest absolute Gasteiger partial charge is 0.270 e. The number of likely N-dealkylation sites (tertiary alicyclic amines) is 1. The van der Waals surface area contributed by atoms with Crippen LogP contribution in [0.2, 0.25) is 0 Å². The minimum Gasteiger partial charge on any atom is -0.396 e. The van der Waals surface area contributed by atoms with Crippen LogP contribution in [-0.2, 0) is 6.42 Å². The molecule has 1 aromatic carbocycles. The molecular formula is C18H21FN2O2. The van der Waals surface area contributed by atoms with Gasteiger partial charge in [-0.1, -0.05) is 12.1 Å². The van der Waals surface area contributed by atoms with Crippen LogP contribution < -0.4 is 0 Å². The van der Waals surface area contributed by atoms with E-state index in [0.717, 1.165) is 17.5 Å². The Morgan fingerprint density at radius 2 is 2.09 bits per heavy atom. The van der Waals surface area contributed by atoms with Gasteiger partial charge in [0.25, 0.3) is 5.91 Å². The van der Waals surface area contributed by atoms with Gasteiger partial charge >= 0.3 is 0 Å². The number of aliphatic hydroxyl groups is 1. The van der Waals surface area contributed by atoms with Gasteiger partial charge in [-0.3, -0.25) is 4.79 Å². The second-order valence-electron chi connectivity index (χ2n) is 6.47. The van der Waals surface area contributed by atoms with Crippen LogP contribution in [0.5, 0.6) is 0 Å². The van der Waals surface area contributed by atoms with E-state index in [0.29, 0.717) is 25.2 Å². The number of halogens is 1. The number of carbonyl (C=O) groups excluding carboxylic acids is 1. The van der Waals surface area contributed by atoms with E-state index < -0.39 is 0 Å². The zero-order chi connectivity index (χ0) is 16.4. The number of hydrogen-bond donors (Lipinski definition) is 2. The molecule has 1 unspecified atom stereocenters. The van der Waals surface area contributed by atoms with E-state index in [4.69, 9.17) is 0 Å². The van der Waals surface area contributed by atoms with Gasteiger partial charge in [0.15, 0.2) is 0 Å². The van der Waals surface area contributed by atoms with Crippen LogP contribution in [0.3, 0.4) is 0 Å². The number of aromatic nitrogens is 1. The first-order valence-electron chi connectivity index (χ1n) is 7.82. The zero-order valence-corrected chi connectivity index (χ0v) is 13.2. The first-order valence-corrected chi connectivity index (χ1v) is 7.82. The highest BCUT2D eigenvalue weighted by atomic mass is 19.1. The van der Waals surface area contributed by atoms with E-state index in [9.17, 15) is 14.3 Å². The number of rotatable bonds is 4. The van der Waals surface area contributed by atoms with Gasteiger partial charge in [-0.2, -0.15) is 0 Å². The van der Waals surface area contributed by atoms with Gasteiger partial charge in [-0.25, -0.2) is 4.39 Å². The predicted octanol–water partition coefficient (Wildman–Crippen LogP) is 2.53. The molecule has 23 heavy (non-hydrogen) atoms. The molecule has 1 aliphatic rings. The molecule has 1 saturated heterocycles. The average Bonchev–Trinajstić information content (AvgIpc) is 3.16. The van der Waals surface area contributed by atoms with Gasteiger partial charge in [0, 0.05) is 24.7 Å². The fourth-order valence-corrected chi connectivity index (χ4v) is 3.31. The van der Waals surface area contributed by atoms with Crippen molar-refractivity contribution in [3.05, 3.63) is 59.2 Å². The fourth-order valence-electron chi connectivity index (χ4n) is 3.31. The summed E-state index contributed by atoms with van der Waals surface area (Å²) in [6.45, 7) is 3.05. The SMILES string of the molecule is Cc1cc[nH]c1C(=O)N1CCC(CO)(Cc2ccc(F)cc2)C1. The average molecular weight is 316 g/mol. The van der Waals surface area contributed by atoms with Gasteiger partial charge < -0.3 is 15.0 Å². The lowest BCUT2D eigenvalue weighted by atomic mass is 9.81. The van der Waals surface area contributed by atoms with Gasteiger partial charge in [0.1, 0.15) is 11.5 Å². The number of nitrogens with one attached hydrogen (secondary N) is 1. The molecule has 1 aromatic heterocycles. The summed E-state index contributed by atoms with van der Waals surface area (Å²) in [6, 6.07) is 8.22. The summed E-state index contributed by atoms with van der Waals surface area (Å²) >= 11 is 0. The monoisotopic (exact) mass is 316 g/mol. The maximum absolute atomic E-state index is 13.0. The Morgan fingerprint density at radius 3 is 2.70 bits per heavy atom. The van der Waals surface area contributed by atoms with E-state index in [2.05, 4.69) is 4.98 Å². The van der Waals surface area contributed by atoms with Crippen molar-refractivity contribution in [3.8, 4) is 0 Å². The standard InChI is InChI=1S/C18H21FN2O2/c1-13-6-8-20-16(13)17(23)21-9-7-18(11-21,12-22)10-14-2-4-15(19)5-3-14/h2-6,8,20,22H,7,9-12H2,1H3. The summed E-state index contributed by atoms with van der Waals surface area (Å²) in [7, 11) is 0. The second kappa shape index (κ2) is 6.16. The lowest BCUT2D eigenvalue weighted by molar-refractivity contribution is 0.0734. The summed E-state index contributed by atoms with van der Waals surface area (Å²) in [4.78, 5) is 17.4. The predicted molar refractivity (Wildman–Crippen MR) is 85.7 cm³/mol.